The molecule has 0 N–H and O–H groups in total. The molecule has 0 saturated carbocycles. The van der Waals surface area contributed by atoms with Crippen LogP contribution in [0.25, 0.3) is 10.7 Å². The molecule has 0 aromatic carbocycles. The van der Waals surface area contributed by atoms with Gasteiger partial charge in [-0.05, 0) is 35.6 Å². The number of thiophene rings is 1. The van der Waals surface area contributed by atoms with Crippen LogP contribution in [-0.4, -0.2) is 57.0 Å². The third kappa shape index (κ3) is 4.82. The number of pyridine rings is 1. The smallest absolute Gasteiger partial charge is 0.226 e. The summed E-state index contributed by atoms with van der Waals surface area (Å²) in [7, 11) is 0. The van der Waals surface area contributed by atoms with E-state index in [1.807, 2.05) is 46.9 Å². The average Bonchev–Trinajstić information content (AvgIpc) is 3.41. The van der Waals surface area contributed by atoms with Crippen molar-refractivity contribution in [1.82, 2.24) is 24.9 Å². The number of nitrogens with zero attached hydrogens (tertiary/aromatic N) is 5. The first-order valence-electron chi connectivity index (χ1n) is 9.53. The van der Waals surface area contributed by atoms with E-state index in [0.717, 1.165) is 44.0 Å². The van der Waals surface area contributed by atoms with Gasteiger partial charge in [-0.3, -0.25) is 14.7 Å². The molecule has 28 heavy (non-hydrogen) atoms. The lowest BCUT2D eigenvalue weighted by Gasteiger charge is -2.34. The molecule has 1 amide bonds. The van der Waals surface area contributed by atoms with Gasteiger partial charge in [-0.25, -0.2) is 0 Å². The molecule has 0 radical (unpaired) electrons. The summed E-state index contributed by atoms with van der Waals surface area (Å²) in [5, 5.41) is 6.00. The molecule has 1 fully saturated rings. The monoisotopic (exact) mass is 397 g/mol. The highest BCUT2D eigenvalue weighted by atomic mass is 32.1. The van der Waals surface area contributed by atoms with E-state index in [1.165, 1.54) is 5.56 Å². The van der Waals surface area contributed by atoms with Crippen LogP contribution < -0.4 is 0 Å². The molecule has 4 rings (SSSR count). The lowest BCUT2D eigenvalue weighted by atomic mass is 10.2. The Kier molecular flexibility index (Phi) is 6.08. The first-order valence-corrected chi connectivity index (χ1v) is 10.4. The fourth-order valence-corrected chi connectivity index (χ4v) is 3.96. The van der Waals surface area contributed by atoms with Crippen molar-refractivity contribution in [3.63, 3.8) is 0 Å². The second-order valence-electron chi connectivity index (χ2n) is 6.85. The summed E-state index contributed by atoms with van der Waals surface area (Å²) in [6.45, 7) is 4.29. The van der Waals surface area contributed by atoms with E-state index >= 15 is 0 Å². The third-order valence-electron chi connectivity index (χ3n) is 4.87. The molecular formula is C20H23N5O2S. The Morgan fingerprint density at radius 3 is 2.71 bits per heavy atom. The molecule has 3 aromatic heterocycles. The standard InChI is InChI=1S/C20H23N5O2S/c26-19(5-1-4-18-22-20(23-27-18)17-3-2-14-28-17)25-12-10-24(11-13-25)15-16-6-8-21-9-7-16/h2-3,6-9,14H,1,4-5,10-13,15H2. The summed E-state index contributed by atoms with van der Waals surface area (Å²) >= 11 is 1.58. The molecule has 146 valence electrons. The number of aryl methyl sites for hydroxylation is 1. The molecule has 1 aliphatic rings. The summed E-state index contributed by atoms with van der Waals surface area (Å²) in [6, 6.07) is 8.01. The molecule has 1 saturated heterocycles. The van der Waals surface area contributed by atoms with Gasteiger partial charge in [0.05, 0.1) is 4.88 Å². The predicted octanol–water partition coefficient (Wildman–Crippen LogP) is 2.86. The summed E-state index contributed by atoms with van der Waals surface area (Å²) in [4.78, 5) is 26.3. The highest BCUT2D eigenvalue weighted by Crippen LogP contribution is 2.21. The Balaban J connectivity index is 1.18. The number of aromatic nitrogens is 3. The van der Waals surface area contributed by atoms with E-state index in [9.17, 15) is 4.79 Å². The molecule has 0 aliphatic carbocycles. The molecule has 4 heterocycles. The quantitative estimate of drug-likeness (QED) is 0.610. The van der Waals surface area contributed by atoms with Gasteiger partial charge in [0.15, 0.2) is 0 Å². The molecule has 8 heteroatoms. The maximum absolute atomic E-state index is 12.5. The highest BCUT2D eigenvalue weighted by molar-refractivity contribution is 7.13. The van der Waals surface area contributed by atoms with Crippen LogP contribution in [0.1, 0.15) is 24.3 Å². The number of amides is 1. The van der Waals surface area contributed by atoms with Gasteiger partial charge in [-0.15, -0.1) is 11.3 Å². The maximum atomic E-state index is 12.5. The number of carbonyl (C=O) groups excluding carboxylic acids is 1. The van der Waals surface area contributed by atoms with Crippen LogP contribution in [-0.2, 0) is 17.8 Å². The van der Waals surface area contributed by atoms with Crippen molar-refractivity contribution < 1.29 is 9.32 Å². The second kappa shape index (κ2) is 9.07. The first kappa shape index (κ1) is 18.8. The number of carbonyl (C=O) groups is 1. The Hall–Kier alpha value is -2.58. The van der Waals surface area contributed by atoms with Gasteiger partial charge in [0.1, 0.15) is 0 Å². The van der Waals surface area contributed by atoms with Gasteiger partial charge in [0.2, 0.25) is 17.6 Å². The largest absolute Gasteiger partial charge is 0.340 e. The first-order chi connectivity index (χ1) is 13.8. The zero-order chi connectivity index (χ0) is 19.2. The fraction of sp³-hybridized carbons (Fsp3) is 0.400. The van der Waals surface area contributed by atoms with E-state index in [0.29, 0.717) is 24.6 Å². The zero-order valence-corrected chi connectivity index (χ0v) is 16.5. The van der Waals surface area contributed by atoms with E-state index < -0.39 is 0 Å². The molecular weight excluding hydrogens is 374 g/mol. The Bertz CT molecular complexity index is 873. The normalized spacial score (nSPS) is 15.1. The van der Waals surface area contributed by atoms with Crippen LogP contribution in [0.2, 0.25) is 0 Å². The van der Waals surface area contributed by atoms with Crippen molar-refractivity contribution in [2.75, 3.05) is 26.2 Å². The van der Waals surface area contributed by atoms with Crippen LogP contribution in [0.5, 0.6) is 0 Å². The fourth-order valence-electron chi connectivity index (χ4n) is 3.31. The summed E-state index contributed by atoms with van der Waals surface area (Å²) < 4.78 is 5.30. The van der Waals surface area contributed by atoms with E-state index in [4.69, 9.17) is 4.52 Å². The minimum Gasteiger partial charge on any atom is -0.340 e. The van der Waals surface area contributed by atoms with Gasteiger partial charge in [0, 0.05) is 58.0 Å². The SMILES string of the molecule is O=C(CCCc1nc(-c2cccs2)no1)N1CCN(Cc2ccncc2)CC1. The summed E-state index contributed by atoms with van der Waals surface area (Å²) in [5.41, 5.74) is 1.26. The molecule has 0 unspecified atom stereocenters. The van der Waals surface area contributed by atoms with Crippen molar-refractivity contribution in [2.24, 2.45) is 0 Å². The van der Waals surface area contributed by atoms with Crippen LogP contribution in [0, 0.1) is 0 Å². The zero-order valence-electron chi connectivity index (χ0n) is 15.7. The Morgan fingerprint density at radius 2 is 1.96 bits per heavy atom. The number of hydrogen-bond acceptors (Lipinski definition) is 7. The van der Waals surface area contributed by atoms with Crippen molar-refractivity contribution in [3.05, 3.63) is 53.5 Å². The van der Waals surface area contributed by atoms with Crippen molar-refractivity contribution >= 4 is 17.2 Å². The van der Waals surface area contributed by atoms with Crippen LogP contribution >= 0.6 is 11.3 Å². The maximum Gasteiger partial charge on any atom is 0.226 e. The molecule has 7 nitrogen and oxygen atoms in total. The summed E-state index contributed by atoms with van der Waals surface area (Å²) in [6.07, 6.45) is 5.51. The Labute approximate surface area is 168 Å². The van der Waals surface area contributed by atoms with E-state index in [1.54, 1.807) is 11.3 Å². The van der Waals surface area contributed by atoms with Crippen LogP contribution in [0.15, 0.2) is 46.6 Å². The van der Waals surface area contributed by atoms with Gasteiger partial charge >= 0.3 is 0 Å². The van der Waals surface area contributed by atoms with Crippen molar-refractivity contribution in [2.45, 2.75) is 25.8 Å². The van der Waals surface area contributed by atoms with Gasteiger partial charge < -0.3 is 9.42 Å². The van der Waals surface area contributed by atoms with Crippen LogP contribution in [0.4, 0.5) is 0 Å². The van der Waals surface area contributed by atoms with Gasteiger partial charge in [-0.2, -0.15) is 4.98 Å². The average molecular weight is 398 g/mol. The summed E-state index contributed by atoms with van der Waals surface area (Å²) in [5.74, 6) is 1.43. The molecule has 3 aromatic rings. The van der Waals surface area contributed by atoms with E-state index in [2.05, 4.69) is 20.0 Å². The van der Waals surface area contributed by atoms with Crippen LogP contribution in [0.3, 0.4) is 0 Å². The molecule has 0 atom stereocenters. The molecule has 1 aliphatic heterocycles. The van der Waals surface area contributed by atoms with Crippen molar-refractivity contribution in [3.8, 4) is 10.7 Å². The molecule has 0 spiro atoms. The van der Waals surface area contributed by atoms with E-state index in [-0.39, 0.29) is 5.91 Å². The number of piperazine rings is 1. The Morgan fingerprint density at radius 1 is 1.14 bits per heavy atom. The second-order valence-corrected chi connectivity index (χ2v) is 7.80. The molecule has 0 bridgehead atoms. The lowest BCUT2D eigenvalue weighted by Crippen LogP contribution is -2.48. The lowest BCUT2D eigenvalue weighted by molar-refractivity contribution is -0.133. The number of hydrogen-bond donors (Lipinski definition) is 0. The predicted molar refractivity (Wildman–Crippen MR) is 107 cm³/mol. The van der Waals surface area contributed by atoms with Gasteiger partial charge in [0.25, 0.3) is 0 Å². The third-order valence-corrected chi connectivity index (χ3v) is 5.74. The van der Waals surface area contributed by atoms with Gasteiger partial charge in [-0.1, -0.05) is 11.2 Å². The minimum absolute atomic E-state index is 0.210. The van der Waals surface area contributed by atoms with Crippen molar-refractivity contribution in [1.29, 1.82) is 0 Å². The topological polar surface area (TPSA) is 75.4 Å². The minimum atomic E-state index is 0.210. The number of rotatable bonds is 7. The highest BCUT2D eigenvalue weighted by Gasteiger charge is 2.21.